The maximum absolute atomic E-state index is 14.5. The van der Waals surface area contributed by atoms with Crippen LogP contribution in [0.3, 0.4) is 0 Å². The second-order valence-corrected chi connectivity index (χ2v) is 13.3. The topological polar surface area (TPSA) is 182 Å². The van der Waals surface area contributed by atoms with E-state index in [0.717, 1.165) is 16.3 Å². The van der Waals surface area contributed by atoms with Gasteiger partial charge < -0.3 is 36.4 Å². The Bertz CT molecular complexity index is 1940. The van der Waals surface area contributed by atoms with Crippen LogP contribution in [-0.4, -0.2) is 93.4 Å². The Labute approximate surface area is 306 Å². The van der Waals surface area contributed by atoms with E-state index >= 15 is 0 Å². The molecule has 5 rings (SSSR count). The van der Waals surface area contributed by atoms with Gasteiger partial charge in [0.2, 0.25) is 23.6 Å². The number of fused-ring (bicyclic) bond motifs is 1. The van der Waals surface area contributed by atoms with Crippen LogP contribution < -0.4 is 16.4 Å². The minimum Gasteiger partial charge on any atom is -0.508 e. The first kappa shape index (κ1) is 38.4. The Kier molecular flexibility index (Phi) is 12.8. The Hall–Kier alpha value is -5.82. The number of amides is 4. The average molecular weight is 726 g/mol. The number of nitrogens with zero attached hydrogens (tertiary/aromatic N) is 2. The molecule has 6 N–H and O–H groups in total. The lowest BCUT2D eigenvalue weighted by Gasteiger charge is -2.44. The first-order valence-electron chi connectivity index (χ1n) is 17.5. The third-order valence-electron chi connectivity index (χ3n) is 9.43. The molecule has 4 aromatic carbocycles. The third-order valence-corrected chi connectivity index (χ3v) is 9.43. The number of nitrogens with two attached hydrogens (primary N) is 1. The molecule has 4 amide bonds. The number of hydrogen-bond acceptors (Lipinski definition) is 7. The fourth-order valence-electron chi connectivity index (χ4n) is 6.74. The first-order chi connectivity index (χ1) is 25.4. The molecule has 1 fully saturated rings. The van der Waals surface area contributed by atoms with Crippen LogP contribution in [0.25, 0.3) is 10.8 Å². The monoisotopic (exact) mass is 725 g/mol. The van der Waals surface area contributed by atoms with Crippen LogP contribution in [-0.2, 0) is 43.2 Å². The fourth-order valence-corrected chi connectivity index (χ4v) is 6.74. The molecule has 1 aliphatic rings. The highest BCUT2D eigenvalue weighted by molar-refractivity contribution is 5.96. The zero-order valence-corrected chi connectivity index (χ0v) is 29.4. The standard InChI is InChI=1S/C40H44FN5O7/c1-25(47)43-33(22-27-11-16-32(48)17-12-27)37(49)44-34(23-26-9-14-31(41)15-10-26)38(50)45-19-20-46(39(51)35(45)7-4-18-42)36(40(52)53)24-28-8-13-29-5-2-3-6-30(29)21-28/h2-3,5-6,8-17,21,33-36,48H,4,7,18-20,22-24,42H2,1H3,(H,43,47)(H,44,49)(H,52,53). The number of halogens is 1. The molecule has 4 aromatic rings. The highest BCUT2D eigenvalue weighted by atomic mass is 19.1. The predicted molar refractivity (Wildman–Crippen MR) is 196 cm³/mol. The van der Waals surface area contributed by atoms with E-state index in [1.807, 2.05) is 42.5 Å². The van der Waals surface area contributed by atoms with Gasteiger partial charge in [-0.2, -0.15) is 0 Å². The van der Waals surface area contributed by atoms with Crippen LogP contribution in [0.5, 0.6) is 5.75 Å². The van der Waals surface area contributed by atoms with Crippen LogP contribution in [0.1, 0.15) is 36.5 Å². The molecular weight excluding hydrogens is 681 g/mol. The number of carboxylic acids is 1. The number of nitrogens with one attached hydrogen (secondary N) is 2. The van der Waals surface area contributed by atoms with E-state index in [2.05, 4.69) is 10.6 Å². The van der Waals surface area contributed by atoms with E-state index in [0.29, 0.717) is 17.5 Å². The summed E-state index contributed by atoms with van der Waals surface area (Å²) >= 11 is 0. The molecular formula is C40H44FN5O7. The largest absolute Gasteiger partial charge is 0.508 e. The van der Waals surface area contributed by atoms with E-state index in [1.165, 1.54) is 53.1 Å². The van der Waals surface area contributed by atoms with Gasteiger partial charge in [0.1, 0.15) is 35.7 Å². The van der Waals surface area contributed by atoms with Gasteiger partial charge in [-0.1, -0.05) is 66.7 Å². The van der Waals surface area contributed by atoms with Crippen molar-refractivity contribution in [2.24, 2.45) is 5.73 Å². The van der Waals surface area contributed by atoms with Gasteiger partial charge in [0, 0.05) is 39.3 Å². The molecule has 0 spiro atoms. The van der Waals surface area contributed by atoms with E-state index < -0.39 is 59.6 Å². The summed E-state index contributed by atoms with van der Waals surface area (Å²) in [5.74, 6) is -3.92. The molecule has 0 saturated carbocycles. The van der Waals surface area contributed by atoms with E-state index in [9.17, 15) is 38.6 Å². The first-order valence-corrected chi connectivity index (χ1v) is 17.5. The molecule has 0 bridgehead atoms. The lowest BCUT2D eigenvalue weighted by atomic mass is 9.96. The predicted octanol–water partition coefficient (Wildman–Crippen LogP) is 2.93. The lowest BCUT2D eigenvalue weighted by Crippen LogP contribution is -2.65. The maximum Gasteiger partial charge on any atom is 0.326 e. The summed E-state index contributed by atoms with van der Waals surface area (Å²) in [4.78, 5) is 70.0. The number of benzene rings is 4. The highest BCUT2D eigenvalue weighted by Crippen LogP contribution is 2.24. The minimum atomic E-state index is -1.24. The Morgan fingerprint density at radius 1 is 0.830 bits per heavy atom. The van der Waals surface area contributed by atoms with Crippen LogP contribution >= 0.6 is 0 Å². The molecule has 278 valence electrons. The smallest absolute Gasteiger partial charge is 0.326 e. The van der Waals surface area contributed by atoms with Crippen LogP contribution in [0.4, 0.5) is 4.39 Å². The van der Waals surface area contributed by atoms with Crippen LogP contribution in [0.2, 0.25) is 0 Å². The Morgan fingerprint density at radius 3 is 2.09 bits per heavy atom. The quantitative estimate of drug-likeness (QED) is 0.124. The molecule has 1 heterocycles. The SMILES string of the molecule is CC(=O)NC(Cc1ccc(O)cc1)C(=O)NC(Cc1ccc(F)cc1)C(=O)N1CCN(C(Cc2ccc3ccccc3c2)C(=O)O)C(=O)C1CCCN. The maximum atomic E-state index is 14.5. The van der Waals surface area contributed by atoms with Crippen molar-refractivity contribution in [1.82, 2.24) is 20.4 Å². The van der Waals surface area contributed by atoms with Gasteiger partial charge in [0.25, 0.3) is 0 Å². The number of phenols is 1. The van der Waals surface area contributed by atoms with E-state index in [1.54, 1.807) is 12.1 Å². The Morgan fingerprint density at radius 2 is 1.45 bits per heavy atom. The number of piperazine rings is 1. The summed E-state index contributed by atoms with van der Waals surface area (Å²) in [6.07, 6.45) is 0.565. The van der Waals surface area contributed by atoms with Crippen molar-refractivity contribution in [3.8, 4) is 5.75 Å². The van der Waals surface area contributed by atoms with Crippen molar-refractivity contribution in [2.75, 3.05) is 19.6 Å². The molecule has 0 radical (unpaired) electrons. The fraction of sp³-hybridized carbons (Fsp3) is 0.325. The van der Waals surface area contributed by atoms with Gasteiger partial charge >= 0.3 is 5.97 Å². The summed E-state index contributed by atoms with van der Waals surface area (Å²) in [7, 11) is 0. The van der Waals surface area contributed by atoms with Crippen molar-refractivity contribution in [3.63, 3.8) is 0 Å². The third kappa shape index (κ3) is 9.95. The van der Waals surface area contributed by atoms with Gasteiger partial charge in [-0.3, -0.25) is 19.2 Å². The van der Waals surface area contributed by atoms with Gasteiger partial charge in [-0.15, -0.1) is 0 Å². The van der Waals surface area contributed by atoms with Gasteiger partial charge in [0.15, 0.2) is 0 Å². The molecule has 12 nitrogen and oxygen atoms in total. The molecule has 0 aliphatic carbocycles. The number of carboxylic acid groups (broad SMARTS) is 1. The van der Waals surface area contributed by atoms with Gasteiger partial charge in [-0.05, 0) is 71.1 Å². The van der Waals surface area contributed by atoms with Crippen molar-refractivity contribution >= 4 is 40.4 Å². The van der Waals surface area contributed by atoms with Crippen molar-refractivity contribution in [1.29, 1.82) is 0 Å². The zero-order chi connectivity index (χ0) is 38.1. The van der Waals surface area contributed by atoms with Gasteiger partial charge in [-0.25, -0.2) is 9.18 Å². The van der Waals surface area contributed by atoms with Crippen LogP contribution in [0.15, 0.2) is 91.0 Å². The second kappa shape index (κ2) is 17.6. The molecule has 13 heteroatoms. The summed E-state index contributed by atoms with van der Waals surface area (Å²) in [6, 6.07) is 20.3. The van der Waals surface area contributed by atoms with Crippen molar-refractivity contribution < 1.29 is 38.6 Å². The normalized spacial score (nSPS) is 16.1. The average Bonchev–Trinajstić information content (AvgIpc) is 3.14. The number of aliphatic carboxylic acids is 1. The summed E-state index contributed by atoms with van der Waals surface area (Å²) in [5, 5.41) is 27.4. The highest BCUT2D eigenvalue weighted by Gasteiger charge is 2.43. The molecule has 4 atom stereocenters. The van der Waals surface area contributed by atoms with E-state index in [4.69, 9.17) is 5.73 Å². The van der Waals surface area contributed by atoms with Gasteiger partial charge in [0.05, 0.1) is 0 Å². The zero-order valence-electron chi connectivity index (χ0n) is 29.4. The number of carbonyl (C=O) groups is 5. The summed E-state index contributed by atoms with van der Waals surface area (Å²) in [6.45, 7) is 1.40. The number of aromatic hydroxyl groups is 1. The molecule has 4 unspecified atom stereocenters. The molecule has 53 heavy (non-hydrogen) atoms. The molecule has 0 aromatic heterocycles. The lowest BCUT2D eigenvalue weighted by molar-refractivity contribution is -0.161. The van der Waals surface area contributed by atoms with Crippen molar-refractivity contribution in [3.05, 3.63) is 114 Å². The second-order valence-electron chi connectivity index (χ2n) is 13.3. The summed E-state index contributed by atoms with van der Waals surface area (Å²) < 4.78 is 13.8. The van der Waals surface area contributed by atoms with Crippen LogP contribution in [0, 0.1) is 5.82 Å². The molecule has 1 aliphatic heterocycles. The van der Waals surface area contributed by atoms with E-state index in [-0.39, 0.29) is 51.1 Å². The minimum absolute atomic E-state index is 0.0142. The molecule has 1 saturated heterocycles. The number of hydrogen-bond donors (Lipinski definition) is 5. The number of rotatable bonds is 15. The number of carbonyl (C=O) groups excluding carboxylic acids is 4. The summed E-state index contributed by atoms with van der Waals surface area (Å²) in [5.41, 5.74) is 7.74. The Balaban J connectivity index is 1.41. The van der Waals surface area contributed by atoms with Crippen molar-refractivity contribution in [2.45, 2.75) is 63.2 Å². The number of phenolic OH excluding ortho intramolecular Hbond substituents is 1.